The predicted molar refractivity (Wildman–Crippen MR) is 91.8 cm³/mol. The lowest BCUT2D eigenvalue weighted by Crippen LogP contribution is -2.61. The molecule has 2 heterocycles. The van der Waals surface area contributed by atoms with Crippen molar-refractivity contribution in [3.05, 3.63) is 90.8 Å². The van der Waals surface area contributed by atoms with Gasteiger partial charge in [0.05, 0.1) is 0 Å². The number of nitrogens with zero attached hydrogens (tertiary/aromatic N) is 2. The number of β-lactam (4-membered cyclic amide) rings is 1. The minimum atomic E-state index is -0.545. The van der Waals surface area contributed by atoms with Crippen LogP contribution in [0.25, 0.3) is 0 Å². The largest absolute Gasteiger partial charge is 0.478 e. The molecule has 1 aliphatic rings. The van der Waals surface area contributed by atoms with Crippen molar-refractivity contribution in [1.29, 1.82) is 0 Å². The van der Waals surface area contributed by atoms with Crippen LogP contribution in [0.2, 0.25) is 0 Å². The van der Waals surface area contributed by atoms with Gasteiger partial charge >= 0.3 is 0 Å². The molecule has 0 radical (unpaired) electrons. The van der Waals surface area contributed by atoms with Crippen LogP contribution in [0.1, 0.15) is 11.6 Å². The third-order valence-electron chi connectivity index (χ3n) is 4.11. The van der Waals surface area contributed by atoms with Gasteiger partial charge in [-0.2, -0.15) is 0 Å². The Morgan fingerprint density at radius 3 is 2.25 bits per heavy atom. The molecule has 2 atom stereocenters. The van der Waals surface area contributed by atoms with Crippen LogP contribution in [-0.4, -0.2) is 17.0 Å². The van der Waals surface area contributed by atoms with Crippen LogP contribution < -0.4 is 9.64 Å². The van der Waals surface area contributed by atoms with E-state index in [0.29, 0.717) is 5.75 Å². The van der Waals surface area contributed by atoms with Gasteiger partial charge in [-0.25, -0.2) is 0 Å². The van der Waals surface area contributed by atoms with E-state index in [0.717, 1.165) is 11.3 Å². The van der Waals surface area contributed by atoms with Gasteiger partial charge in [0.25, 0.3) is 5.91 Å². The molecule has 0 bridgehead atoms. The van der Waals surface area contributed by atoms with E-state index in [-0.39, 0.29) is 11.9 Å². The molecule has 4 heteroatoms. The molecule has 0 aliphatic carbocycles. The Hall–Kier alpha value is -3.14. The second-order valence-corrected chi connectivity index (χ2v) is 5.63. The Morgan fingerprint density at radius 1 is 0.875 bits per heavy atom. The minimum absolute atomic E-state index is 0.0427. The average Bonchev–Trinajstić information content (AvgIpc) is 2.66. The van der Waals surface area contributed by atoms with Crippen molar-refractivity contribution >= 4 is 11.6 Å². The monoisotopic (exact) mass is 316 g/mol. The Labute approximate surface area is 140 Å². The summed E-state index contributed by atoms with van der Waals surface area (Å²) in [6.07, 6.45) is 2.97. The van der Waals surface area contributed by atoms with Crippen molar-refractivity contribution in [3.8, 4) is 5.75 Å². The van der Waals surface area contributed by atoms with Gasteiger partial charge in [0.1, 0.15) is 11.8 Å². The molecule has 1 amide bonds. The van der Waals surface area contributed by atoms with Gasteiger partial charge in [-0.1, -0.05) is 42.5 Å². The van der Waals surface area contributed by atoms with E-state index in [1.54, 1.807) is 17.3 Å². The first-order valence-corrected chi connectivity index (χ1v) is 7.84. The normalized spacial score (nSPS) is 19.7. The second-order valence-electron chi connectivity index (χ2n) is 5.63. The molecule has 1 fully saturated rings. The number of hydrogen-bond donors (Lipinski definition) is 0. The number of anilines is 1. The zero-order valence-electron chi connectivity index (χ0n) is 12.9. The molecule has 1 aromatic heterocycles. The fraction of sp³-hybridized carbons (Fsp3) is 0.100. The molecule has 3 aromatic rings. The molecule has 1 aliphatic heterocycles. The average molecular weight is 316 g/mol. The highest BCUT2D eigenvalue weighted by Gasteiger charge is 2.51. The molecule has 4 nitrogen and oxygen atoms in total. The van der Waals surface area contributed by atoms with Gasteiger partial charge in [-0.3, -0.25) is 14.7 Å². The van der Waals surface area contributed by atoms with Crippen molar-refractivity contribution in [2.75, 3.05) is 4.90 Å². The number of benzene rings is 2. The first-order chi connectivity index (χ1) is 11.8. The highest BCUT2D eigenvalue weighted by Crippen LogP contribution is 2.40. The van der Waals surface area contributed by atoms with Gasteiger partial charge in [0, 0.05) is 18.1 Å². The summed E-state index contributed by atoms with van der Waals surface area (Å²) in [5.74, 6) is 0.649. The summed E-state index contributed by atoms with van der Waals surface area (Å²) in [5, 5.41) is 0. The molecule has 0 N–H and O–H groups in total. The quantitative estimate of drug-likeness (QED) is 0.690. The van der Waals surface area contributed by atoms with Crippen molar-refractivity contribution in [3.63, 3.8) is 0 Å². The van der Waals surface area contributed by atoms with Crippen LogP contribution in [0.4, 0.5) is 5.69 Å². The van der Waals surface area contributed by atoms with Crippen molar-refractivity contribution in [1.82, 2.24) is 4.98 Å². The first-order valence-electron chi connectivity index (χ1n) is 7.84. The zero-order chi connectivity index (χ0) is 16.4. The Kier molecular flexibility index (Phi) is 3.71. The highest BCUT2D eigenvalue weighted by atomic mass is 16.5. The summed E-state index contributed by atoms with van der Waals surface area (Å²) in [4.78, 5) is 18.7. The van der Waals surface area contributed by atoms with Crippen molar-refractivity contribution < 1.29 is 9.53 Å². The summed E-state index contributed by atoms with van der Waals surface area (Å²) >= 11 is 0. The number of para-hydroxylation sites is 2. The number of aromatic nitrogens is 1. The third-order valence-corrected chi connectivity index (χ3v) is 4.11. The fourth-order valence-electron chi connectivity index (χ4n) is 2.97. The lowest BCUT2D eigenvalue weighted by Gasteiger charge is -2.46. The van der Waals surface area contributed by atoms with Crippen LogP contribution in [-0.2, 0) is 4.79 Å². The van der Waals surface area contributed by atoms with Crippen molar-refractivity contribution in [2.24, 2.45) is 0 Å². The molecule has 0 unspecified atom stereocenters. The SMILES string of the molecule is O=C1[C@H](Oc2ccccc2)[C@H](c2cccnc2)N1c1ccccc1. The molecular formula is C20H16N2O2. The van der Waals surface area contributed by atoms with Crippen LogP contribution in [0.3, 0.4) is 0 Å². The standard InChI is InChI=1S/C20H16N2O2/c23-20-19(24-17-11-5-2-6-12-17)18(15-8-7-13-21-14-15)22(20)16-9-3-1-4-10-16/h1-14,18-19H/t18-,19+/m0/s1. The zero-order valence-corrected chi connectivity index (χ0v) is 12.9. The summed E-state index contributed by atoms with van der Waals surface area (Å²) in [5.41, 5.74) is 1.83. The molecule has 0 saturated carbocycles. The number of hydrogen-bond acceptors (Lipinski definition) is 3. The van der Waals surface area contributed by atoms with E-state index in [1.807, 2.05) is 72.8 Å². The summed E-state index contributed by atoms with van der Waals surface area (Å²) in [6.45, 7) is 0. The minimum Gasteiger partial charge on any atom is -0.478 e. The molecule has 24 heavy (non-hydrogen) atoms. The van der Waals surface area contributed by atoms with E-state index in [9.17, 15) is 4.79 Å². The number of ether oxygens (including phenoxy) is 1. The smallest absolute Gasteiger partial charge is 0.271 e. The van der Waals surface area contributed by atoms with E-state index in [2.05, 4.69) is 4.98 Å². The predicted octanol–water partition coefficient (Wildman–Crippen LogP) is 3.62. The van der Waals surface area contributed by atoms with E-state index in [4.69, 9.17) is 4.74 Å². The van der Waals surface area contributed by atoms with Gasteiger partial charge in [-0.05, 0) is 35.9 Å². The molecule has 118 valence electrons. The number of rotatable bonds is 4. The Morgan fingerprint density at radius 2 is 1.58 bits per heavy atom. The second kappa shape index (κ2) is 6.16. The van der Waals surface area contributed by atoms with Crippen LogP contribution in [0, 0.1) is 0 Å². The van der Waals surface area contributed by atoms with Crippen molar-refractivity contribution in [2.45, 2.75) is 12.1 Å². The summed E-state index contributed by atoms with van der Waals surface area (Å²) < 4.78 is 5.96. The highest BCUT2D eigenvalue weighted by molar-refractivity contribution is 6.05. The van der Waals surface area contributed by atoms with Gasteiger partial charge in [0.15, 0.2) is 0 Å². The van der Waals surface area contributed by atoms with Gasteiger partial charge in [-0.15, -0.1) is 0 Å². The summed E-state index contributed by atoms with van der Waals surface area (Å²) in [6, 6.07) is 22.7. The number of amides is 1. The van der Waals surface area contributed by atoms with E-state index in [1.165, 1.54) is 0 Å². The Balaban J connectivity index is 1.68. The fourth-order valence-corrected chi connectivity index (χ4v) is 2.97. The maximum Gasteiger partial charge on any atom is 0.271 e. The molecular weight excluding hydrogens is 300 g/mol. The first kappa shape index (κ1) is 14.5. The third kappa shape index (κ3) is 2.52. The van der Waals surface area contributed by atoms with E-state index < -0.39 is 6.10 Å². The maximum atomic E-state index is 12.7. The van der Waals surface area contributed by atoms with Crippen LogP contribution in [0.15, 0.2) is 85.2 Å². The molecule has 1 saturated heterocycles. The molecule has 4 rings (SSSR count). The van der Waals surface area contributed by atoms with Crippen LogP contribution >= 0.6 is 0 Å². The summed E-state index contributed by atoms with van der Waals surface area (Å²) in [7, 11) is 0. The number of carbonyl (C=O) groups excluding carboxylic acids is 1. The number of pyridine rings is 1. The number of carbonyl (C=O) groups is 1. The topological polar surface area (TPSA) is 42.4 Å². The van der Waals surface area contributed by atoms with E-state index >= 15 is 0 Å². The molecule has 2 aromatic carbocycles. The molecule has 0 spiro atoms. The lowest BCUT2D eigenvalue weighted by molar-refractivity contribution is -0.135. The maximum absolute atomic E-state index is 12.7. The van der Waals surface area contributed by atoms with Gasteiger partial charge in [0.2, 0.25) is 6.10 Å². The van der Waals surface area contributed by atoms with Crippen LogP contribution in [0.5, 0.6) is 5.75 Å². The van der Waals surface area contributed by atoms with Gasteiger partial charge < -0.3 is 4.74 Å². The lowest BCUT2D eigenvalue weighted by atomic mass is 9.90. The Bertz CT molecular complexity index is 822.